The highest BCUT2D eigenvalue weighted by atomic mass is 79.9. The maximum absolute atomic E-state index is 14.0. The second kappa shape index (κ2) is 24.6. The molecule has 0 unspecified atom stereocenters. The molecule has 0 saturated heterocycles. The summed E-state index contributed by atoms with van der Waals surface area (Å²) in [5.74, 6) is -3.56. The molecule has 0 spiro atoms. The van der Waals surface area contributed by atoms with Gasteiger partial charge in [0.25, 0.3) is 0 Å². The van der Waals surface area contributed by atoms with Crippen molar-refractivity contribution in [3.8, 4) is 5.75 Å². The number of methoxy groups -OCH3 is 1. The number of esters is 2. The SMILES string of the molecule is C=CCOCCC[C@@H]1CNC(=O)[C@@H](Cc2ccc(OC)c(Cl)c2)NC(=O)/C=C/C[C@@H]([C@H](C)[C@@H](OCC=O)[C@@H](Br)c2ccccc2)OC(=O)[C@H](CC(C)C)OC1=O. The Bertz CT molecular complexity index is 1620. The highest BCUT2D eigenvalue weighted by Crippen LogP contribution is 2.36. The summed E-state index contributed by atoms with van der Waals surface area (Å²) in [4.78, 5) is 66.1. The number of hydrogen-bond donors (Lipinski definition) is 2. The van der Waals surface area contributed by atoms with Crippen LogP contribution in [0.25, 0.3) is 0 Å². The first-order chi connectivity index (χ1) is 26.9. The minimum absolute atomic E-state index is 0.0520. The van der Waals surface area contributed by atoms with Crippen molar-refractivity contribution in [3.05, 3.63) is 89.5 Å². The highest BCUT2D eigenvalue weighted by Gasteiger charge is 2.37. The molecule has 2 N–H and O–H groups in total. The lowest BCUT2D eigenvalue weighted by Gasteiger charge is -2.34. The van der Waals surface area contributed by atoms with E-state index in [0.717, 1.165) is 5.56 Å². The molecule has 306 valence electrons. The molecule has 0 fully saturated rings. The van der Waals surface area contributed by atoms with Crippen molar-refractivity contribution in [2.45, 2.75) is 82.1 Å². The van der Waals surface area contributed by atoms with Gasteiger partial charge >= 0.3 is 11.9 Å². The molecule has 14 heteroatoms. The summed E-state index contributed by atoms with van der Waals surface area (Å²) in [5, 5.41) is 5.93. The van der Waals surface area contributed by atoms with E-state index in [-0.39, 0.29) is 44.8 Å². The second-order valence-corrected chi connectivity index (χ2v) is 15.4. The molecular weight excluding hydrogens is 808 g/mol. The quantitative estimate of drug-likeness (QED) is 0.0576. The fourth-order valence-corrected chi connectivity index (χ4v) is 7.42. The number of hydrogen-bond acceptors (Lipinski definition) is 10. The molecule has 12 nitrogen and oxygen atoms in total. The Morgan fingerprint density at radius 2 is 1.79 bits per heavy atom. The zero-order valence-corrected chi connectivity index (χ0v) is 34.8. The predicted molar refractivity (Wildman–Crippen MR) is 216 cm³/mol. The van der Waals surface area contributed by atoms with E-state index < -0.39 is 64.8 Å². The zero-order valence-electron chi connectivity index (χ0n) is 32.5. The Morgan fingerprint density at radius 3 is 2.45 bits per heavy atom. The average molecular weight is 862 g/mol. The van der Waals surface area contributed by atoms with Gasteiger partial charge in [0.15, 0.2) is 6.10 Å². The second-order valence-electron chi connectivity index (χ2n) is 14.0. The Hall–Kier alpha value is -4.04. The maximum atomic E-state index is 14.0. The van der Waals surface area contributed by atoms with Crippen LogP contribution in [0.2, 0.25) is 5.02 Å². The van der Waals surface area contributed by atoms with Crippen molar-refractivity contribution in [2.75, 3.05) is 33.5 Å². The minimum atomic E-state index is -1.26. The first-order valence-electron chi connectivity index (χ1n) is 18.8. The van der Waals surface area contributed by atoms with E-state index in [0.29, 0.717) is 42.3 Å². The maximum Gasteiger partial charge on any atom is 0.347 e. The first-order valence-corrected chi connectivity index (χ1v) is 20.1. The molecule has 56 heavy (non-hydrogen) atoms. The number of aldehydes is 1. The highest BCUT2D eigenvalue weighted by molar-refractivity contribution is 9.09. The van der Waals surface area contributed by atoms with E-state index in [1.54, 1.807) is 30.4 Å². The fourth-order valence-electron chi connectivity index (χ4n) is 6.20. The van der Waals surface area contributed by atoms with Gasteiger partial charge in [-0.3, -0.25) is 14.4 Å². The normalized spacial score (nSPS) is 22.1. The van der Waals surface area contributed by atoms with Gasteiger partial charge < -0.3 is 39.1 Å². The minimum Gasteiger partial charge on any atom is -0.495 e. The molecule has 1 heterocycles. The summed E-state index contributed by atoms with van der Waals surface area (Å²) in [6, 6.07) is 13.5. The van der Waals surface area contributed by atoms with Crippen LogP contribution in [-0.4, -0.2) is 87.9 Å². The van der Waals surface area contributed by atoms with Gasteiger partial charge in [-0.1, -0.05) is 96.9 Å². The van der Waals surface area contributed by atoms with Gasteiger partial charge in [0.05, 0.1) is 35.6 Å². The summed E-state index contributed by atoms with van der Waals surface area (Å²) in [7, 11) is 1.49. The van der Waals surface area contributed by atoms with Crippen LogP contribution in [0.3, 0.4) is 0 Å². The van der Waals surface area contributed by atoms with Gasteiger partial charge in [-0.25, -0.2) is 4.79 Å². The van der Waals surface area contributed by atoms with Gasteiger partial charge in [0.2, 0.25) is 11.8 Å². The fraction of sp³-hybridized carbons (Fsp3) is 0.500. The molecule has 2 aromatic carbocycles. The molecule has 0 aromatic heterocycles. The molecule has 3 rings (SSSR count). The van der Waals surface area contributed by atoms with Crippen LogP contribution in [-0.2, 0) is 49.3 Å². The molecule has 0 saturated carbocycles. The molecule has 2 amide bonds. The van der Waals surface area contributed by atoms with Crippen LogP contribution in [0.15, 0.2) is 73.3 Å². The van der Waals surface area contributed by atoms with Crippen molar-refractivity contribution in [2.24, 2.45) is 17.8 Å². The van der Waals surface area contributed by atoms with Crippen molar-refractivity contribution in [1.82, 2.24) is 10.6 Å². The summed E-state index contributed by atoms with van der Waals surface area (Å²) >= 11 is 10.1. The van der Waals surface area contributed by atoms with Crippen LogP contribution >= 0.6 is 27.5 Å². The van der Waals surface area contributed by atoms with Crippen molar-refractivity contribution in [3.63, 3.8) is 0 Å². The van der Waals surface area contributed by atoms with E-state index in [9.17, 15) is 24.0 Å². The third-order valence-electron chi connectivity index (χ3n) is 9.20. The predicted octanol–water partition coefficient (Wildman–Crippen LogP) is 6.28. The molecule has 0 bridgehead atoms. The van der Waals surface area contributed by atoms with Crippen molar-refractivity contribution in [1.29, 1.82) is 0 Å². The lowest BCUT2D eigenvalue weighted by molar-refractivity contribution is -0.178. The van der Waals surface area contributed by atoms with Gasteiger partial charge in [0.1, 0.15) is 30.8 Å². The number of cyclic esters (lactones) is 2. The number of nitrogens with one attached hydrogen (secondary N) is 2. The van der Waals surface area contributed by atoms with Gasteiger partial charge in [-0.15, -0.1) is 6.58 Å². The number of rotatable bonds is 18. The molecule has 0 radical (unpaired) electrons. The number of amides is 2. The first kappa shape index (κ1) is 46.3. The monoisotopic (exact) mass is 860 g/mol. The zero-order chi connectivity index (χ0) is 41.0. The smallest absolute Gasteiger partial charge is 0.347 e. The van der Waals surface area contributed by atoms with Crippen LogP contribution < -0.4 is 15.4 Å². The lowest BCUT2D eigenvalue weighted by Crippen LogP contribution is -2.49. The molecule has 0 aliphatic carbocycles. The summed E-state index contributed by atoms with van der Waals surface area (Å²) in [5.41, 5.74) is 1.53. The van der Waals surface area contributed by atoms with Crippen molar-refractivity contribution >= 4 is 57.6 Å². The van der Waals surface area contributed by atoms with E-state index in [1.807, 2.05) is 51.1 Å². The Kier molecular flexibility index (Phi) is 20.3. The summed E-state index contributed by atoms with van der Waals surface area (Å²) in [6.07, 6.45) is 3.29. The largest absolute Gasteiger partial charge is 0.495 e. The standard InChI is InChI=1S/C42H54BrClN2O10/c1-6-20-53-21-11-14-31-26-45-40(49)33(25-29-17-18-35(52-5)32(44)24-29)46-37(48)16-10-15-34(55-42(51)36(23-27(2)3)56-41(31)50)28(4)39(54-22-19-47)38(43)30-12-8-7-9-13-30/h6-10,12-13,16-19,24,27-28,31,33-34,36,38-39H,1,11,14-15,20-23,25-26H2,2-5H3,(H,45,49)(H,46,48)/b16-10+/t28-,31+,33+,34-,36-,38-,39+/m0/s1. The van der Waals surface area contributed by atoms with E-state index in [4.69, 9.17) is 35.3 Å². The Labute approximate surface area is 343 Å². The van der Waals surface area contributed by atoms with Crippen LogP contribution in [0.4, 0.5) is 0 Å². The summed E-state index contributed by atoms with van der Waals surface area (Å²) in [6.45, 7) is 9.59. The third-order valence-corrected chi connectivity index (χ3v) is 10.5. The summed E-state index contributed by atoms with van der Waals surface area (Å²) < 4.78 is 28.9. The van der Waals surface area contributed by atoms with Crippen LogP contribution in [0, 0.1) is 17.8 Å². The number of halogens is 2. The molecule has 1 aliphatic rings. The number of ether oxygens (including phenoxy) is 5. The number of alkyl halides is 1. The van der Waals surface area contributed by atoms with Gasteiger partial charge in [0, 0.05) is 31.9 Å². The van der Waals surface area contributed by atoms with Crippen molar-refractivity contribution < 1.29 is 47.7 Å². The van der Waals surface area contributed by atoms with E-state index in [2.05, 4.69) is 33.1 Å². The molecular formula is C42H54BrClN2O10. The lowest BCUT2D eigenvalue weighted by atomic mass is 9.90. The van der Waals surface area contributed by atoms with Crippen LogP contribution in [0.1, 0.15) is 62.4 Å². The molecule has 7 atom stereocenters. The van der Waals surface area contributed by atoms with E-state index in [1.165, 1.54) is 13.2 Å². The van der Waals surface area contributed by atoms with Gasteiger partial charge in [-0.05, 0) is 54.5 Å². The number of benzene rings is 2. The average Bonchev–Trinajstić information content (AvgIpc) is 3.17. The Morgan fingerprint density at radius 1 is 1.04 bits per heavy atom. The Balaban J connectivity index is 2.03. The number of carbonyl (C=O) groups is 5. The topological polar surface area (TPSA) is 156 Å². The number of carbonyl (C=O) groups excluding carboxylic acids is 5. The van der Waals surface area contributed by atoms with Gasteiger partial charge in [-0.2, -0.15) is 0 Å². The third kappa shape index (κ3) is 15.1. The molecule has 2 aromatic rings. The molecule has 1 aliphatic heterocycles. The van der Waals surface area contributed by atoms with E-state index >= 15 is 0 Å². The van der Waals surface area contributed by atoms with Crippen LogP contribution in [0.5, 0.6) is 5.75 Å².